The molecule has 0 aliphatic rings. The molecule has 2 amide bonds. The van der Waals surface area contributed by atoms with Gasteiger partial charge < -0.3 is 18.9 Å². The molecular formula is C15H20Cl2N2O6. The predicted molar refractivity (Wildman–Crippen MR) is 95.7 cm³/mol. The van der Waals surface area contributed by atoms with Gasteiger partial charge in [-0.05, 0) is 13.0 Å². The van der Waals surface area contributed by atoms with Gasteiger partial charge in [-0.15, -0.1) is 23.2 Å². The molecular weight excluding hydrogens is 375 g/mol. The van der Waals surface area contributed by atoms with Crippen LogP contribution in [0.3, 0.4) is 0 Å². The molecule has 1 aromatic carbocycles. The lowest BCUT2D eigenvalue weighted by Crippen LogP contribution is -2.18. The SMILES string of the molecule is COc1c(NC(=O)OCCCl)cc(NC(=O)OCCCl)c(OC)c1C. The molecule has 10 heteroatoms. The number of halogens is 2. The average molecular weight is 395 g/mol. The largest absolute Gasteiger partial charge is 0.494 e. The minimum Gasteiger partial charge on any atom is -0.494 e. The maximum Gasteiger partial charge on any atom is 0.411 e. The van der Waals surface area contributed by atoms with Crippen molar-refractivity contribution < 1.29 is 28.5 Å². The van der Waals surface area contributed by atoms with Crippen LogP contribution in [-0.2, 0) is 9.47 Å². The van der Waals surface area contributed by atoms with Crippen molar-refractivity contribution in [3.05, 3.63) is 11.6 Å². The van der Waals surface area contributed by atoms with E-state index in [9.17, 15) is 9.59 Å². The molecule has 140 valence electrons. The van der Waals surface area contributed by atoms with Gasteiger partial charge >= 0.3 is 12.2 Å². The number of nitrogens with one attached hydrogen (secondary N) is 2. The van der Waals surface area contributed by atoms with Crippen LogP contribution in [0.4, 0.5) is 21.0 Å². The highest BCUT2D eigenvalue weighted by molar-refractivity contribution is 6.18. The maximum atomic E-state index is 11.8. The third kappa shape index (κ3) is 6.06. The molecule has 0 fully saturated rings. The molecule has 2 N–H and O–H groups in total. The highest BCUT2D eigenvalue weighted by Crippen LogP contribution is 2.41. The van der Waals surface area contributed by atoms with Crippen LogP contribution in [0.15, 0.2) is 6.07 Å². The summed E-state index contributed by atoms with van der Waals surface area (Å²) >= 11 is 11.0. The zero-order valence-electron chi connectivity index (χ0n) is 14.1. The quantitative estimate of drug-likeness (QED) is 0.654. The standard InChI is InChI=1S/C15H20Cl2N2O6/c1-9-12(22-2)10(18-14(20)24-6-4-16)8-11(13(9)23-3)19-15(21)25-7-5-17/h8H,4-7H2,1-3H3,(H,18,20)(H,19,21). The number of hydrogen-bond donors (Lipinski definition) is 2. The number of ether oxygens (including phenoxy) is 4. The fourth-order valence-electron chi connectivity index (χ4n) is 2.05. The number of anilines is 2. The fraction of sp³-hybridized carbons (Fsp3) is 0.467. The van der Waals surface area contributed by atoms with Crippen LogP contribution in [0, 0.1) is 6.92 Å². The van der Waals surface area contributed by atoms with Crippen molar-refractivity contribution in [2.24, 2.45) is 0 Å². The minimum absolute atomic E-state index is 0.0563. The molecule has 0 saturated carbocycles. The Morgan fingerprint density at radius 2 is 1.32 bits per heavy atom. The Balaban J connectivity index is 3.14. The first-order valence-electron chi connectivity index (χ1n) is 7.23. The lowest BCUT2D eigenvalue weighted by atomic mass is 10.1. The van der Waals surface area contributed by atoms with E-state index in [4.69, 9.17) is 42.1 Å². The summed E-state index contributed by atoms with van der Waals surface area (Å²) in [4.78, 5) is 23.5. The molecule has 8 nitrogen and oxygen atoms in total. The van der Waals surface area contributed by atoms with Crippen molar-refractivity contribution >= 4 is 46.8 Å². The third-order valence-electron chi connectivity index (χ3n) is 2.96. The second-order valence-electron chi connectivity index (χ2n) is 4.56. The van der Waals surface area contributed by atoms with Gasteiger partial charge in [0.05, 0.1) is 37.4 Å². The highest BCUT2D eigenvalue weighted by Gasteiger charge is 2.20. The summed E-state index contributed by atoms with van der Waals surface area (Å²) in [5.41, 5.74) is 1.13. The molecule has 1 aromatic rings. The van der Waals surface area contributed by atoms with Crippen LogP contribution in [0.1, 0.15) is 5.56 Å². The topological polar surface area (TPSA) is 95.1 Å². The summed E-state index contributed by atoms with van der Waals surface area (Å²) in [6.45, 7) is 1.82. The Labute approximate surface area is 155 Å². The lowest BCUT2D eigenvalue weighted by Gasteiger charge is -2.19. The maximum absolute atomic E-state index is 11.8. The summed E-state index contributed by atoms with van der Waals surface area (Å²) < 4.78 is 20.4. The van der Waals surface area contributed by atoms with E-state index in [1.54, 1.807) is 6.92 Å². The number of rotatable bonds is 8. The van der Waals surface area contributed by atoms with E-state index in [2.05, 4.69) is 10.6 Å². The zero-order chi connectivity index (χ0) is 18.8. The molecule has 0 aliphatic carbocycles. The first kappa shape index (κ1) is 21.0. The molecule has 0 bridgehead atoms. The van der Waals surface area contributed by atoms with Gasteiger partial charge in [0.2, 0.25) is 0 Å². The Morgan fingerprint density at radius 1 is 0.920 bits per heavy atom. The van der Waals surface area contributed by atoms with E-state index in [1.807, 2.05) is 0 Å². The third-order valence-corrected chi connectivity index (χ3v) is 3.27. The normalized spacial score (nSPS) is 9.96. The zero-order valence-corrected chi connectivity index (χ0v) is 15.6. The number of alkyl halides is 2. The van der Waals surface area contributed by atoms with Crippen LogP contribution >= 0.6 is 23.2 Å². The van der Waals surface area contributed by atoms with Gasteiger partial charge in [-0.2, -0.15) is 0 Å². The molecule has 0 aromatic heterocycles. The summed E-state index contributed by atoms with van der Waals surface area (Å²) in [7, 11) is 2.89. The number of amides is 2. The highest BCUT2D eigenvalue weighted by atomic mass is 35.5. The van der Waals surface area contributed by atoms with E-state index in [0.717, 1.165) is 0 Å². The van der Waals surface area contributed by atoms with Crippen LogP contribution < -0.4 is 20.1 Å². The van der Waals surface area contributed by atoms with Gasteiger partial charge in [0.15, 0.2) is 0 Å². The molecule has 0 radical (unpaired) electrons. The summed E-state index contributed by atoms with van der Waals surface area (Å²) in [5.74, 6) is 1.07. The minimum atomic E-state index is -0.709. The number of carbonyl (C=O) groups is 2. The monoisotopic (exact) mass is 394 g/mol. The van der Waals surface area contributed by atoms with Gasteiger partial charge in [-0.25, -0.2) is 9.59 Å². The Morgan fingerprint density at radius 3 is 1.64 bits per heavy atom. The van der Waals surface area contributed by atoms with Crippen LogP contribution in [0.25, 0.3) is 0 Å². The Bertz CT molecular complexity index is 564. The van der Waals surface area contributed by atoms with Gasteiger partial charge in [-0.1, -0.05) is 0 Å². The van der Waals surface area contributed by atoms with Crippen LogP contribution in [0.5, 0.6) is 11.5 Å². The van der Waals surface area contributed by atoms with Crippen molar-refractivity contribution in [2.75, 3.05) is 49.8 Å². The summed E-state index contributed by atoms with van der Waals surface area (Å²) in [6, 6.07) is 1.47. The van der Waals surface area contributed by atoms with E-state index >= 15 is 0 Å². The number of carbonyl (C=O) groups excluding carboxylic acids is 2. The smallest absolute Gasteiger partial charge is 0.411 e. The molecule has 1 rings (SSSR count). The predicted octanol–water partition coefficient (Wildman–Crippen LogP) is 3.59. The molecule has 0 atom stereocenters. The summed E-state index contributed by atoms with van der Waals surface area (Å²) in [6.07, 6.45) is -1.42. The second-order valence-corrected chi connectivity index (χ2v) is 5.32. The van der Waals surface area contributed by atoms with E-state index in [1.165, 1.54) is 20.3 Å². The van der Waals surface area contributed by atoms with Crippen molar-refractivity contribution in [3.63, 3.8) is 0 Å². The lowest BCUT2D eigenvalue weighted by molar-refractivity contribution is 0.168. The first-order valence-corrected chi connectivity index (χ1v) is 8.30. The summed E-state index contributed by atoms with van der Waals surface area (Å²) in [5, 5.41) is 5.06. The molecule has 0 saturated heterocycles. The molecule has 0 spiro atoms. The Kier molecular flexibility index (Phi) is 9.01. The molecule has 25 heavy (non-hydrogen) atoms. The van der Waals surface area contributed by atoms with Crippen molar-refractivity contribution in [1.29, 1.82) is 0 Å². The number of benzene rings is 1. The number of methoxy groups -OCH3 is 2. The average Bonchev–Trinajstić information content (AvgIpc) is 2.58. The van der Waals surface area contributed by atoms with Crippen LogP contribution in [0.2, 0.25) is 0 Å². The van der Waals surface area contributed by atoms with E-state index < -0.39 is 12.2 Å². The van der Waals surface area contributed by atoms with Gasteiger partial charge in [0.25, 0.3) is 0 Å². The van der Waals surface area contributed by atoms with Crippen molar-refractivity contribution in [3.8, 4) is 11.5 Å². The van der Waals surface area contributed by atoms with Crippen molar-refractivity contribution in [1.82, 2.24) is 0 Å². The van der Waals surface area contributed by atoms with Gasteiger partial charge in [-0.3, -0.25) is 10.6 Å². The first-order chi connectivity index (χ1) is 12.0. The van der Waals surface area contributed by atoms with Crippen LogP contribution in [-0.4, -0.2) is 51.4 Å². The second kappa shape index (κ2) is 10.7. The van der Waals surface area contributed by atoms with Gasteiger partial charge in [0, 0.05) is 5.56 Å². The molecule has 0 aliphatic heterocycles. The fourth-order valence-corrected chi connectivity index (χ4v) is 2.20. The van der Waals surface area contributed by atoms with Crippen molar-refractivity contribution in [2.45, 2.75) is 6.92 Å². The Hall–Kier alpha value is -2.06. The molecule has 0 heterocycles. The van der Waals surface area contributed by atoms with E-state index in [0.29, 0.717) is 17.1 Å². The van der Waals surface area contributed by atoms with Gasteiger partial charge in [0.1, 0.15) is 24.7 Å². The number of hydrogen-bond acceptors (Lipinski definition) is 6. The molecule has 0 unspecified atom stereocenters. The van der Waals surface area contributed by atoms with E-state index in [-0.39, 0.29) is 36.3 Å².